The molecule has 4 nitrogen and oxygen atoms in total. The van der Waals surface area contributed by atoms with E-state index in [9.17, 15) is 0 Å². The van der Waals surface area contributed by atoms with E-state index in [-0.39, 0.29) is 0 Å². The standard InChI is InChI=1S/C7H15N3O/c1-10(3-4-11-2)6-7(9)5-8/h7H,3-4,6,9H2,1-2H3. The highest BCUT2D eigenvalue weighted by molar-refractivity contribution is 4.88. The minimum atomic E-state index is -0.392. The summed E-state index contributed by atoms with van der Waals surface area (Å²) in [6.45, 7) is 2.08. The van der Waals surface area contributed by atoms with E-state index in [2.05, 4.69) is 0 Å². The summed E-state index contributed by atoms with van der Waals surface area (Å²) in [7, 11) is 3.56. The molecule has 1 unspecified atom stereocenters. The van der Waals surface area contributed by atoms with Crippen molar-refractivity contribution in [3.05, 3.63) is 0 Å². The molecular weight excluding hydrogens is 142 g/mol. The second kappa shape index (κ2) is 6.10. The van der Waals surface area contributed by atoms with Gasteiger partial charge in [-0.25, -0.2) is 0 Å². The lowest BCUT2D eigenvalue weighted by molar-refractivity contribution is 0.160. The van der Waals surface area contributed by atoms with Crippen LogP contribution in [0.4, 0.5) is 0 Å². The van der Waals surface area contributed by atoms with Gasteiger partial charge < -0.3 is 15.4 Å². The second-order valence-electron chi connectivity index (χ2n) is 2.49. The Morgan fingerprint density at radius 2 is 2.36 bits per heavy atom. The van der Waals surface area contributed by atoms with Gasteiger partial charge in [-0.2, -0.15) is 5.26 Å². The van der Waals surface area contributed by atoms with E-state index in [1.807, 2.05) is 18.0 Å². The zero-order valence-electron chi connectivity index (χ0n) is 7.08. The Morgan fingerprint density at radius 1 is 1.73 bits per heavy atom. The molecule has 2 N–H and O–H groups in total. The largest absolute Gasteiger partial charge is 0.383 e. The van der Waals surface area contributed by atoms with Crippen LogP contribution in [-0.2, 0) is 4.74 Å². The first-order valence-electron chi connectivity index (χ1n) is 3.53. The molecule has 0 aliphatic rings. The smallest absolute Gasteiger partial charge is 0.106 e. The predicted octanol–water partition coefficient (Wildman–Crippen LogP) is -0.585. The van der Waals surface area contributed by atoms with E-state index in [1.165, 1.54) is 0 Å². The first kappa shape index (κ1) is 10.4. The number of rotatable bonds is 5. The maximum atomic E-state index is 8.38. The van der Waals surface area contributed by atoms with Gasteiger partial charge in [-0.15, -0.1) is 0 Å². The molecule has 0 aromatic carbocycles. The Morgan fingerprint density at radius 3 is 2.82 bits per heavy atom. The zero-order valence-corrected chi connectivity index (χ0v) is 7.08. The van der Waals surface area contributed by atoms with Crippen molar-refractivity contribution in [1.82, 2.24) is 4.90 Å². The minimum absolute atomic E-state index is 0.392. The summed E-state index contributed by atoms with van der Waals surface area (Å²) in [4.78, 5) is 1.97. The van der Waals surface area contributed by atoms with Crippen molar-refractivity contribution in [2.45, 2.75) is 6.04 Å². The van der Waals surface area contributed by atoms with Gasteiger partial charge in [0.25, 0.3) is 0 Å². The SMILES string of the molecule is COCCN(C)CC(N)C#N. The zero-order chi connectivity index (χ0) is 8.69. The number of ether oxygens (including phenoxy) is 1. The van der Waals surface area contributed by atoms with Crippen LogP contribution in [0.5, 0.6) is 0 Å². The predicted molar refractivity (Wildman–Crippen MR) is 43.0 cm³/mol. The Kier molecular flexibility index (Phi) is 5.75. The molecule has 4 heteroatoms. The van der Waals surface area contributed by atoms with Crippen LogP contribution in [0.15, 0.2) is 0 Å². The van der Waals surface area contributed by atoms with Gasteiger partial charge in [0.05, 0.1) is 12.7 Å². The summed E-state index contributed by atoms with van der Waals surface area (Å²) >= 11 is 0. The summed E-state index contributed by atoms with van der Waals surface area (Å²) in [6, 6.07) is 1.58. The molecule has 0 aliphatic heterocycles. The highest BCUT2D eigenvalue weighted by Crippen LogP contribution is 1.84. The van der Waals surface area contributed by atoms with Crippen LogP contribution in [0.2, 0.25) is 0 Å². The summed E-state index contributed by atoms with van der Waals surface area (Å²) < 4.78 is 4.86. The fourth-order valence-corrected chi connectivity index (χ4v) is 0.715. The van der Waals surface area contributed by atoms with Crippen LogP contribution in [0, 0.1) is 11.3 Å². The van der Waals surface area contributed by atoms with E-state index >= 15 is 0 Å². The molecule has 0 aromatic rings. The van der Waals surface area contributed by atoms with Crippen LogP contribution >= 0.6 is 0 Å². The van der Waals surface area contributed by atoms with Crippen molar-refractivity contribution in [2.24, 2.45) is 5.73 Å². The lowest BCUT2D eigenvalue weighted by atomic mass is 10.3. The molecule has 0 aromatic heterocycles. The molecule has 0 aliphatic carbocycles. The summed E-state index contributed by atoms with van der Waals surface area (Å²) in [5.41, 5.74) is 5.40. The van der Waals surface area contributed by atoms with Crippen LogP contribution in [0.1, 0.15) is 0 Å². The molecule has 0 bridgehead atoms. The highest BCUT2D eigenvalue weighted by atomic mass is 16.5. The van der Waals surface area contributed by atoms with Crippen LogP contribution < -0.4 is 5.73 Å². The fraction of sp³-hybridized carbons (Fsp3) is 0.857. The second-order valence-corrected chi connectivity index (χ2v) is 2.49. The number of methoxy groups -OCH3 is 1. The van der Waals surface area contributed by atoms with Gasteiger partial charge in [-0.05, 0) is 7.05 Å². The van der Waals surface area contributed by atoms with Gasteiger partial charge in [-0.3, -0.25) is 0 Å². The third kappa shape index (κ3) is 5.80. The maximum absolute atomic E-state index is 8.38. The molecule has 0 saturated carbocycles. The van der Waals surface area contributed by atoms with Gasteiger partial charge in [-0.1, -0.05) is 0 Å². The fourth-order valence-electron chi connectivity index (χ4n) is 0.715. The lowest BCUT2D eigenvalue weighted by Gasteiger charge is -2.16. The molecule has 11 heavy (non-hydrogen) atoms. The summed E-state index contributed by atoms with van der Waals surface area (Å²) in [5.74, 6) is 0. The first-order valence-corrected chi connectivity index (χ1v) is 3.53. The first-order chi connectivity index (χ1) is 5.20. The van der Waals surface area contributed by atoms with Gasteiger partial charge in [0, 0.05) is 20.2 Å². The maximum Gasteiger partial charge on any atom is 0.106 e. The Bertz CT molecular complexity index is 132. The van der Waals surface area contributed by atoms with Crippen molar-refractivity contribution in [3.63, 3.8) is 0 Å². The third-order valence-electron chi connectivity index (χ3n) is 1.35. The van der Waals surface area contributed by atoms with Crippen LogP contribution in [0.25, 0.3) is 0 Å². The average Bonchev–Trinajstić information content (AvgIpc) is 2.00. The molecular formula is C7H15N3O. The summed E-state index contributed by atoms with van der Waals surface area (Å²) in [6.07, 6.45) is 0. The Balaban J connectivity index is 3.37. The molecule has 0 fully saturated rings. The monoisotopic (exact) mass is 157 g/mol. The van der Waals surface area contributed by atoms with Crippen molar-refractivity contribution < 1.29 is 4.74 Å². The number of hydrogen-bond acceptors (Lipinski definition) is 4. The van der Waals surface area contributed by atoms with Gasteiger partial charge in [0.2, 0.25) is 0 Å². The van der Waals surface area contributed by atoms with E-state index in [0.717, 1.165) is 6.54 Å². The number of hydrogen-bond donors (Lipinski definition) is 1. The lowest BCUT2D eigenvalue weighted by Crippen LogP contribution is -2.35. The minimum Gasteiger partial charge on any atom is -0.383 e. The van der Waals surface area contributed by atoms with E-state index < -0.39 is 6.04 Å². The van der Waals surface area contributed by atoms with Gasteiger partial charge in [0.1, 0.15) is 6.04 Å². The molecule has 64 valence electrons. The van der Waals surface area contributed by atoms with Crippen LogP contribution in [0.3, 0.4) is 0 Å². The number of likely N-dealkylation sites (N-methyl/N-ethyl adjacent to an activating group) is 1. The quantitative estimate of drug-likeness (QED) is 0.579. The van der Waals surface area contributed by atoms with Gasteiger partial charge in [0.15, 0.2) is 0 Å². The Labute approximate surface area is 67.5 Å². The molecule has 1 atom stereocenters. The highest BCUT2D eigenvalue weighted by Gasteiger charge is 2.03. The molecule has 0 rings (SSSR count). The number of nitrogens with two attached hydrogens (primary N) is 1. The molecule has 0 heterocycles. The third-order valence-corrected chi connectivity index (χ3v) is 1.35. The van der Waals surface area contributed by atoms with Crippen molar-refractivity contribution in [3.8, 4) is 6.07 Å². The Hall–Kier alpha value is -0.630. The number of nitriles is 1. The van der Waals surface area contributed by atoms with Crippen LogP contribution in [-0.4, -0.2) is 44.8 Å². The normalized spacial score (nSPS) is 13.0. The topological polar surface area (TPSA) is 62.3 Å². The molecule has 0 spiro atoms. The molecule has 0 amide bonds. The average molecular weight is 157 g/mol. The van der Waals surface area contributed by atoms with Crippen molar-refractivity contribution in [1.29, 1.82) is 5.26 Å². The molecule has 0 radical (unpaired) electrons. The van der Waals surface area contributed by atoms with Gasteiger partial charge >= 0.3 is 0 Å². The van der Waals surface area contributed by atoms with E-state index in [1.54, 1.807) is 7.11 Å². The summed E-state index contributed by atoms with van der Waals surface area (Å²) in [5, 5.41) is 8.38. The van der Waals surface area contributed by atoms with E-state index in [4.69, 9.17) is 15.7 Å². The van der Waals surface area contributed by atoms with E-state index in [0.29, 0.717) is 13.2 Å². The van der Waals surface area contributed by atoms with Crippen molar-refractivity contribution >= 4 is 0 Å². The molecule has 0 saturated heterocycles. The van der Waals surface area contributed by atoms with Crippen molar-refractivity contribution in [2.75, 3.05) is 33.9 Å². The number of nitrogens with zero attached hydrogens (tertiary/aromatic N) is 2.